The lowest BCUT2D eigenvalue weighted by Gasteiger charge is -2.05. The Morgan fingerprint density at radius 1 is 1.37 bits per heavy atom. The Morgan fingerprint density at radius 2 is 2.21 bits per heavy atom. The quantitative estimate of drug-likeness (QED) is 0.587. The molecule has 0 atom stereocenters. The summed E-state index contributed by atoms with van der Waals surface area (Å²) in [7, 11) is 0. The molecule has 0 saturated carbocycles. The normalized spacial score (nSPS) is 9.89. The number of carbonyl (C=O) groups excluding carboxylic acids is 1. The molecule has 4 N–H and O–H groups in total. The van der Waals surface area contributed by atoms with Gasteiger partial charge in [0, 0.05) is 6.20 Å². The summed E-state index contributed by atoms with van der Waals surface area (Å²) in [5, 5.41) is 26.6. The minimum absolute atomic E-state index is 0.0176. The number of nitrogens with one attached hydrogen (secondary N) is 3. The van der Waals surface area contributed by atoms with Crippen molar-refractivity contribution in [3.63, 3.8) is 0 Å². The smallest absolute Gasteiger partial charge is 0.337 e. The molecule has 0 spiro atoms. The van der Waals surface area contributed by atoms with E-state index in [-0.39, 0.29) is 17.8 Å². The number of carboxylic acids is 1. The number of carboxylic acid groups (broad SMARTS) is 1. The van der Waals surface area contributed by atoms with E-state index in [2.05, 4.69) is 36.2 Å². The third kappa shape index (κ3) is 3.46. The topological polar surface area (TPSA) is 146 Å². The molecule has 2 rings (SSSR count). The lowest BCUT2D eigenvalue weighted by atomic mass is 10.3. The Morgan fingerprint density at radius 3 is 2.89 bits per heavy atom. The number of aromatic amines is 1. The van der Waals surface area contributed by atoms with E-state index < -0.39 is 12.0 Å². The van der Waals surface area contributed by atoms with E-state index in [1.165, 1.54) is 18.5 Å². The fourth-order valence-electron chi connectivity index (χ4n) is 1.22. The zero-order valence-electron chi connectivity index (χ0n) is 9.49. The van der Waals surface area contributed by atoms with E-state index in [4.69, 9.17) is 5.11 Å². The molecular formula is C9H9N7O3. The molecule has 2 amide bonds. The Balaban J connectivity index is 1.91. The van der Waals surface area contributed by atoms with Crippen molar-refractivity contribution in [2.45, 2.75) is 6.54 Å². The van der Waals surface area contributed by atoms with Gasteiger partial charge in [0.25, 0.3) is 0 Å². The van der Waals surface area contributed by atoms with Gasteiger partial charge in [-0.05, 0) is 6.07 Å². The fourth-order valence-corrected chi connectivity index (χ4v) is 1.22. The molecular weight excluding hydrogens is 254 g/mol. The van der Waals surface area contributed by atoms with Gasteiger partial charge in [-0.2, -0.15) is 5.21 Å². The first kappa shape index (κ1) is 12.4. The monoisotopic (exact) mass is 263 g/mol. The van der Waals surface area contributed by atoms with Crippen LogP contribution in [0.1, 0.15) is 16.2 Å². The van der Waals surface area contributed by atoms with Gasteiger partial charge in [0.15, 0.2) is 5.82 Å². The minimum atomic E-state index is -1.12. The molecule has 98 valence electrons. The molecule has 0 fully saturated rings. The largest absolute Gasteiger partial charge is 0.478 e. The van der Waals surface area contributed by atoms with Crippen LogP contribution in [-0.4, -0.2) is 42.7 Å². The highest BCUT2D eigenvalue weighted by molar-refractivity contribution is 5.92. The molecule has 10 nitrogen and oxygen atoms in total. The van der Waals surface area contributed by atoms with Crippen LogP contribution in [0.15, 0.2) is 18.5 Å². The van der Waals surface area contributed by atoms with Gasteiger partial charge in [0.05, 0.1) is 24.0 Å². The first-order valence-corrected chi connectivity index (χ1v) is 5.10. The summed E-state index contributed by atoms with van der Waals surface area (Å²) in [6, 6.07) is 0.762. The molecule has 0 bridgehead atoms. The zero-order valence-corrected chi connectivity index (χ0v) is 9.49. The van der Waals surface area contributed by atoms with Crippen LogP contribution in [0.4, 0.5) is 10.5 Å². The predicted molar refractivity (Wildman–Crippen MR) is 61.2 cm³/mol. The number of carbonyl (C=O) groups is 2. The van der Waals surface area contributed by atoms with Crippen LogP contribution >= 0.6 is 0 Å². The molecule has 0 radical (unpaired) electrons. The van der Waals surface area contributed by atoms with Gasteiger partial charge in [-0.25, -0.2) is 9.59 Å². The summed E-state index contributed by atoms with van der Waals surface area (Å²) in [4.78, 5) is 25.9. The van der Waals surface area contributed by atoms with Crippen molar-refractivity contribution in [3.8, 4) is 0 Å². The van der Waals surface area contributed by atoms with E-state index in [0.717, 1.165) is 0 Å². The van der Waals surface area contributed by atoms with Crippen molar-refractivity contribution < 1.29 is 14.7 Å². The summed E-state index contributed by atoms with van der Waals surface area (Å²) in [6.07, 6.45) is 2.52. The number of hydrogen-bond acceptors (Lipinski definition) is 6. The molecule has 0 aliphatic carbocycles. The number of amides is 2. The average Bonchev–Trinajstić information content (AvgIpc) is 2.90. The van der Waals surface area contributed by atoms with E-state index >= 15 is 0 Å². The molecule has 0 aromatic carbocycles. The second-order valence-corrected chi connectivity index (χ2v) is 3.40. The van der Waals surface area contributed by atoms with E-state index in [1.807, 2.05) is 0 Å². The molecule has 2 aromatic heterocycles. The first-order valence-electron chi connectivity index (χ1n) is 5.10. The standard InChI is InChI=1S/C9H9N7O3/c17-8(18)5-1-6(3-10-2-5)12-9(19)11-4-7-13-15-16-14-7/h1-3H,4H2,(H,17,18)(H2,11,12,19)(H,13,14,15,16). The number of pyridine rings is 1. The first-order chi connectivity index (χ1) is 9.15. The lowest BCUT2D eigenvalue weighted by Crippen LogP contribution is -2.28. The predicted octanol–water partition coefficient (Wildman–Crippen LogP) is -0.385. The third-order valence-electron chi connectivity index (χ3n) is 2.04. The van der Waals surface area contributed by atoms with Crippen LogP contribution < -0.4 is 10.6 Å². The highest BCUT2D eigenvalue weighted by atomic mass is 16.4. The van der Waals surface area contributed by atoms with Crippen LogP contribution in [0.3, 0.4) is 0 Å². The average molecular weight is 263 g/mol. The van der Waals surface area contributed by atoms with Gasteiger partial charge in [-0.1, -0.05) is 5.21 Å². The van der Waals surface area contributed by atoms with Crippen LogP contribution in [-0.2, 0) is 6.54 Å². The Hall–Kier alpha value is -3.04. The number of anilines is 1. The Kier molecular flexibility index (Phi) is 3.61. The number of hydrogen-bond donors (Lipinski definition) is 4. The second-order valence-electron chi connectivity index (χ2n) is 3.40. The van der Waals surface area contributed by atoms with Gasteiger partial charge in [-0.3, -0.25) is 4.98 Å². The summed E-state index contributed by atoms with van der Waals surface area (Å²) in [5.74, 6) is -0.795. The Labute approximate surface area is 106 Å². The van der Waals surface area contributed by atoms with Gasteiger partial charge in [0.1, 0.15) is 0 Å². The number of aromatic carboxylic acids is 1. The van der Waals surface area contributed by atoms with E-state index in [9.17, 15) is 9.59 Å². The van der Waals surface area contributed by atoms with Crippen molar-refractivity contribution >= 4 is 17.7 Å². The van der Waals surface area contributed by atoms with Crippen LogP contribution in [0.25, 0.3) is 0 Å². The minimum Gasteiger partial charge on any atom is -0.478 e. The molecule has 0 aliphatic rings. The molecule has 2 heterocycles. The summed E-state index contributed by atoms with van der Waals surface area (Å²) < 4.78 is 0. The SMILES string of the molecule is O=C(NCc1nn[nH]n1)Nc1cncc(C(=O)O)c1. The Bertz CT molecular complexity index is 583. The molecule has 10 heteroatoms. The van der Waals surface area contributed by atoms with Crippen molar-refractivity contribution in [2.75, 3.05) is 5.32 Å². The number of urea groups is 1. The second kappa shape index (κ2) is 5.53. The fraction of sp³-hybridized carbons (Fsp3) is 0.111. The zero-order chi connectivity index (χ0) is 13.7. The van der Waals surface area contributed by atoms with Gasteiger partial charge < -0.3 is 15.7 Å². The maximum Gasteiger partial charge on any atom is 0.337 e. The van der Waals surface area contributed by atoms with E-state index in [0.29, 0.717) is 5.82 Å². The number of H-pyrrole nitrogens is 1. The molecule has 0 unspecified atom stereocenters. The maximum atomic E-state index is 11.5. The van der Waals surface area contributed by atoms with Gasteiger partial charge in [0.2, 0.25) is 0 Å². The number of nitrogens with zero attached hydrogens (tertiary/aromatic N) is 4. The number of aromatic nitrogens is 5. The van der Waals surface area contributed by atoms with Crippen molar-refractivity contribution in [2.24, 2.45) is 0 Å². The van der Waals surface area contributed by atoms with Gasteiger partial charge in [-0.15, -0.1) is 10.2 Å². The lowest BCUT2D eigenvalue weighted by molar-refractivity contribution is 0.0696. The van der Waals surface area contributed by atoms with Crippen LogP contribution in [0.5, 0.6) is 0 Å². The van der Waals surface area contributed by atoms with E-state index in [1.54, 1.807) is 0 Å². The number of rotatable bonds is 4. The summed E-state index contributed by atoms with van der Waals surface area (Å²) >= 11 is 0. The highest BCUT2D eigenvalue weighted by Gasteiger charge is 2.07. The molecule has 0 saturated heterocycles. The van der Waals surface area contributed by atoms with Crippen LogP contribution in [0.2, 0.25) is 0 Å². The van der Waals surface area contributed by atoms with Crippen LogP contribution in [0, 0.1) is 0 Å². The van der Waals surface area contributed by atoms with Gasteiger partial charge >= 0.3 is 12.0 Å². The highest BCUT2D eigenvalue weighted by Crippen LogP contribution is 2.07. The third-order valence-corrected chi connectivity index (χ3v) is 2.04. The molecule has 0 aliphatic heterocycles. The van der Waals surface area contributed by atoms with Crippen molar-refractivity contribution in [1.29, 1.82) is 0 Å². The van der Waals surface area contributed by atoms with Crippen molar-refractivity contribution in [3.05, 3.63) is 29.8 Å². The molecule has 19 heavy (non-hydrogen) atoms. The maximum absolute atomic E-state index is 11.5. The summed E-state index contributed by atoms with van der Waals surface area (Å²) in [5.41, 5.74) is 0.251. The summed E-state index contributed by atoms with van der Waals surface area (Å²) in [6.45, 7) is 0.0916. The molecule has 2 aromatic rings. The van der Waals surface area contributed by atoms with Crippen molar-refractivity contribution in [1.82, 2.24) is 30.9 Å². The number of tetrazole rings is 1.